The van der Waals surface area contributed by atoms with Crippen molar-refractivity contribution in [3.05, 3.63) is 54.6 Å². The number of nitrogens with one attached hydrogen (secondary N) is 1. The summed E-state index contributed by atoms with van der Waals surface area (Å²) >= 11 is 0. The molecule has 1 unspecified atom stereocenters. The SMILES string of the molecule is O=C(COC(=O)COc1ccccc1)NCC1COc2ccccc2O1. The van der Waals surface area contributed by atoms with Crippen molar-refractivity contribution >= 4 is 11.9 Å². The second-order valence-electron chi connectivity index (χ2n) is 5.56. The monoisotopic (exact) mass is 357 g/mol. The van der Waals surface area contributed by atoms with Gasteiger partial charge in [0.15, 0.2) is 24.7 Å². The summed E-state index contributed by atoms with van der Waals surface area (Å²) in [5.41, 5.74) is 0. The van der Waals surface area contributed by atoms with E-state index in [1.165, 1.54) is 0 Å². The molecule has 7 heteroatoms. The van der Waals surface area contributed by atoms with E-state index >= 15 is 0 Å². The van der Waals surface area contributed by atoms with Gasteiger partial charge in [0.25, 0.3) is 5.91 Å². The topological polar surface area (TPSA) is 83.1 Å². The summed E-state index contributed by atoms with van der Waals surface area (Å²) in [6, 6.07) is 16.2. The lowest BCUT2D eigenvalue weighted by Crippen LogP contribution is -2.42. The third-order valence-corrected chi connectivity index (χ3v) is 3.56. The van der Waals surface area contributed by atoms with Crippen LogP contribution in [0.5, 0.6) is 17.2 Å². The second-order valence-corrected chi connectivity index (χ2v) is 5.56. The summed E-state index contributed by atoms with van der Waals surface area (Å²) in [6.07, 6.45) is -0.300. The molecule has 0 spiro atoms. The van der Waals surface area contributed by atoms with E-state index in [1.807, 2.05) is 24.3 Å². The maximum atomic E-state index is 11.8. The minimum atomic E-state index is -0.616. The predicted octanol–water partition coefficient (Wildman–Crippen LogP) is 1.56. The summed E-state index contributed by atoms with van der Waals surface area (Å²) < 4.78 is 21.4. The fourth-order valence-electron chi connectivity index (χ4n) is 2.29. The Hall–Kier alpha value is -3.22. The van der Waals surface area contributed by atoms with Crippen LogP contribution < -0.4 is 19.5 Å². The largest absolute Gasteiger partial charge is 0.486 e. The minimum Gasteiger partial charge on any atom is -0.486 e. The lowest BCUT2D eigenvalue weighted by atomic mass is 10.2. The van der Waals surface area contributed by atoms with Gasteiger partial charge in [-0.1, -0.05) is 30.3 Å². The molecular weight excluding hydrogens is 338 g/mol. The highest BCUT2D eigenvalue weighted by molar-refractivity contribution is 5.80. The number of carbonyl (C=O) groups is 2. The molecule has 0 saturated heterocycles. The van der Waals surface area contributed by atoms with Crippen LogP contribution in [0.25, 0.3) is 0 Å². The average Bonchev–Trinajstić information content (AvgIpc) is 2.69. The van der Waals surface area contributed by atoms with Gasteiger partial charge in [-0.15, -0.1) is 0 Å². The summed E-state index contributed by atoms with van der Waals surface area (Å²) in [7, 11) is 0. The number of hydrogen-bond donors (Lipinski definition) is 1. The smallest absolute Gasteiger partial charge is 0.344 e. The molecule has 0 fully saturated rings. The van der Waals surface area contributed by atoms with Crippen molar-refractivity contribution < 1.29 is 28.5 Å². The van der Waals surface area contributed by atoms with E-state index in [1.54, 1.807) is 30.3 Å². The second kappa shape index (κ2) is 8.75. The van der Waals surface area contributed by atoms with Gasteiger partial charge in [-0.3, -0.25) is 4.79 Å². The van der Waals surface area contributed by atoms with Gasteiger partial charge in [-0.25, -0.2) is 4.79 Å². The van der Waals surface area contributed by atoms with Crippen LogP contribution in [0, 0.1) is 0 Å². The van der Waals surface area contributed by atoms with E-state index in [0.29, 0.717) is 23.9 Å². The fourth-order valence-corrected chi connectivity index (χ4v) is 2.29. The molecule has 1 N–H and O–H groups in total. The first-order valence-corrected chi connectivity index (χ1v) is 8.19. The zero-order chi connectivity index (χ0) is 18.2. The number of benzene rings is 2. The lowest BCUT2D eigenvalue weighted by molar-refractivity contribution is -0.150. The Bertz CT molecular complexity index is 749. The molecule has 2 aromatic rings. The number of hydrogen-bond acceptors (Lipinski definition) is 6. The first-order valence-electron chi connectivity index (χ1n) is 8.19. The number of amides is 1. The van der Waals surface area contributed by atoms with Crippen LogP contribution in [0.3, 0.4) is 0 Å². The van der Waals surface area contributed by atoms with Crippen molar-refractivity contribution in [3.63, 3.8) is 0 Å². The van der Waals surface area contributed by atoms with Crippen LogP contribution in [-0.2, 0) is 14.3 Å². The normalized spacial score (nSPS) is 15.0. The quantitative estimate of drug-likeness (QED) is 0.758. The Morgan fingerprint density at radius 2 is 1.73 bits per heavy atom. The van der Waals surface area contributed by atoms with Crippen LogP contribution in [0.1, 0.15) is 0 Å². The summed E-state index contributed by atoms with van der Waals surface area (Å²) in [4.78, 5) is 23.4. The van der Waals surface area contributed by atoms with Crippen LogP contribution in [-0.4, -0.2) is 44.3 Å². The third-order valence-electron chi connectivity index (χ3n) is 3.56. The van der Waals surface area contributed by atoms with Crippen molar-refractivity contribution in [3.8, 4) is 17.2 Å². The van der Waals surface area contributed by atoms with Gasteiger partial charge in [0, 0.05) is 0 Å². The van der Waals surface area contributed by atoms with Crippen molar-refractivity contribution in [2.45, 2.75) is 6.10 Å². The van der Waals surface area contributed by atoms with E-state index in [-0.39, 0.29) is 25.9 Å². The van der Waals surface area contributed by atoms with Crippen LogP contribution in [0.15, 0.2) is 54.6 Å². The van der Waals surface area contributed by atoms with Crippen molar-refractivity contribution in [1.29, 1.82) is 0 Å². The van der Waals surface area contributed by atoms with E-state index in [9.17, 15) is 9.59 Å². The standard InChI is InChI=1S/C19H19NO6/c21-18(12-25-19(22)13-23-14-6-2-1-3-7-14)20-10-15-11-24-16-8-4-5-9-17(16)26-15/h1-9,15H,10-13H2,(H,20,21). The number of ether oxygens (including phenoxy) is 4. The Balaban J connectivity index is 1.32. The molecule has 1 amide bonds. The summed E-state index contributed by atoms with van der Waals surface area (Å²) in [5.74, 6) is 0.851. The molecule has 1 atom stereocenters. The van der Waals surface area contributed by atoms with Gasteiger partial charge in [0.1, 0.15) is 18.5 Å². The molecule has 0 bridgehead atoms. The maximum absolute atomic E-state index is 11.8. The van der Waals surface area contributed by atoms with E-state index in [4.69, 9.17) is 18.9 Å². The molecular formula is C19H19NO6. The fraction of sp³-hybridized carbons (Fsp3) is 0.263. The Morgan fingerprint density at radius 3 is 2.54 bits per heavy atom. The number of esters is 1. The Kier molecular flexibility index (Phi) is 5.92. The predicted molar refractivity (Wildman–Crippen MR) is 92.3 cm³/mol. The molecule has 136 valence electrons. The van der Waals surface area contributed by atoms with Crippen LogP contribution in [0.2, 0.25) is 0 Å². The minimum absolute atomic E-state index is 0.255. The lowest BCUT2D eigenvalue weighted by Gasteiger charge is -2.26. The van der Waals surface area contributed by atoms with E-state index < -0.39 is 11.9 Å². The van der Waals surface area contributed by atoms with Gasteiger partial charge in [-0.2, -0.15) is 0 Å². The molecule has 0 aromatic heterocycles. The zero-order valence-corrected chi connectivity index (χ0v) is 14.1. The van der Waals surface area contributed by atoms with Crippen molar-refractivity contribution in [1.82, 2.24) is 5.32 Å². The number of fused-ring (bicyclic) bond motifs is 1. The Morgan fingerprint density at radius 1 is 1.00 bits per heavy atom. The summed E-state index contributed by atoms with van der Waals surface area (Å²) in [6.45, 7) is -0.0397. The molecule has 2 aromatic carbocycles. The highest BCUT2D eigenvalue weighted by Crippen LogP contribution is 2.30. The Labute approximate surface area is 150 Å². The molecule has 0 radical (unpaired) electrons. The van der Waals surface area contributed by atoms with Gasteiger partial charge in [-0.05, 0) is 24.3 Å². The molecule has 1 heterocycles. The van der Waals surface area contributed by atoms with Crippen molar-refractivity contribution in [2.75, 3.05) is 26.4 Å². The van der Waals surface area contributed by atoms with Crippen LogP contribution in [0.4, 0.5) is 0 Å². The molecule has 26 heavy (non-hydrogen) atoms. The molecule has 3 rings (SSSR count). The average molecular weight is 357 g/mol. The van der Waals surface area contributed by atoms with E-state index in [2.05, 4.69) is 5.32 Å². The molecule has 7 nitrogen and oxygen atoms in total. The highest BCUT2D eigenvalue weighted by Gasteiger charge is 2.21. The number of rotatable bonds is 7. The molecule has 0 saturated carbocycles. The summed E-state index contributed by atoms with van der Waals surface area (Å²) in [5, 5.41) is 2.65. The third kappa shape index (κ3) is 5.14. The first-order chi connectivity index (χ1) is 12.7. The van der Waals surface area contributed by atoms with Crippen LogP contribution >= 0.6 is 0 Å². The highest BCUT2D eigenvalue weighted by atomic mass is 16.6. The van der Waals surface area contributed by atoms with E-state index in [0.717, 1.165) is 0 Å². The van der Waals surface area contributed by atoms with Gasteiger partial charge in [0.05, 0.1) is 6.54 Å². The van der Waals surface area contributed by atoms with Gasteiger partial charge < -0.3 is 24.3 Å². The zero-order valence-electron chi connectivity index (χ0n) is 14.1. The van der Waals surface area contributed by atoms with Gasteiger partial charge in [0.2, 0.25) is 0 Å². The molecule has 0 aliphatic carbocycles. The molecule has 1 aliphatic rings. The number of para-hydroxylation sites is 3. The van der Waals surface area contributed by atoms with Crippen molar-refractivity contribution in [2.24, 2.45) is 0 Å². The molecule has 1 aliphatic heterocycles. The van der Waals surface area contributed by atoms with Gasteiger partial charge >= 0.3 is 5.97 Å². The maximum Gasteiger partial charge on any atom is 0.344 e. The first kappa shape index (κ1) is 17.6. The number of carbonyl (C=O) groups excluding carboxylic acids is 2.